The third-order valence-corrected chi connectivity index (χ3v) is 3.98. The number of halogens is 1. The Bertz CT molecular complexity index is 587. The maximum Gasteiger partial charge on any atom is 0.256 e. The molecule has 0 radical (unpaired) electrons. The molecule has 1 atom stereocenters. The summed E-state index contributed by atoms with van der Waals surface area (Å²) < 4.78 is 35.9. The first-order valence-electron chi connectivity index (χ1n) is 5.78. The van der Waals surface area contributed by atoms with Gasteiger partial charge in [0.25, 0.3) is 5.91 Å². The quantitative estimate of drug-likeness (QED) is 0.908. The highest BCUT2D eigenvalue weighted by Crippen LogP contribution is 2.16. The molecule has 0 spiro atoms. The second-order valence-corrected chi connectivity index (χ2v) is 5.92. The van der Waals surface area contributed by atoms with E-state index >= 15 is 0 Å². The number of nitrogens with zero attached hydrogens (tertiary/aromatic N) is 1. The maximum atomic E-state index is 13.8. The SMILES string of the molecule is CCC(C)N(C)C(=O)c1ccc(S(N)(=O)=O)cc1F. The molecule has 0 heterocycles. The van der Waals surface area contributed by atoms with Crippen molar-refractivity contribution in [2.45, 2.75) is 31.2 Å². The Labute approximate surface area is 112 Å². The monoisotopic (exact) mass is 288 g/mol. The Hall–Kier alpha value is -1.47. The molecule has 19 heavy (non-hydrogen) atoms. The van der Waals surface area contributed by atoms with Crippen molar-refractivity contribution < 1.29 is 17.6 Å². The van der Waals surface area contributed by atoms with Crippen LogP contribution in [-0.4, -0.2) is 32.3 Å². The zero-order chi connectivity index (χ0) is 14.8. The molecule has 5 nitrogen and oxygen atoms in total. The summed E-state index contributed by atoms with van der Waals surface area (Å²) in [5, 5.41) is 4.89. The summed E-state index contributed by atoms with van der Waals surface area (Å²) in [5.74, 6) is -1.39. The molecule has 0 aliphatic carbocycles. The van der Waals surface area contributed by atoms with Crippen LogP contribution in [0.5, 0.6) is 0 Å². The van der Waals surface area contributed by atoms with Crippen molar-refractivity contribution in [3.63, 3.8) is 0 Å². The van der Waals surface area contributed by atoms with Gasteiger partial charge in [-0.3, -0.25) is 4.79 Å². The van der Waals surface area contributed by atoms with Crippen LogP contribution in [0.2, 0.25) is 0 Å². The zero-order valence-electron chi connectivity index (χ0n) is 11.1. The molecule has 0 aromatic heterocycles. The van der Waals surface area contributed by atoms with Gasteiger partial charge in [-0.05, 0) is 31.5 Å². The van der Waals surface area contributed by atoms with Crippen molar-refractivity contribution in [2.75, 3.05) is 7.05 Å². The number of carbonyl (C=O) groups excluding carboxylic acids is 1. The lowest BCUT2D eigenvalue weighted by molar-refractivity contribution is 0.0735. The van der Waals surface area contributed by atoms with E-state index in [1.54, 1.807) is 7.05 Å². The van der Waals surface area contributed by atoms with Gasteiger partial charge in [-0.2, -0.15) is 0 Å². The molecule has 1 rings (SSSR count). The highest BCUT2D eigenvalue weighted by molar-refractivity contribution is 7.89. The molecular weight excluding hydrogens is 271 g/mol. The van der Waals surface area contributed by atoms with E-state index in [0.29, 0.717) is 0 Å². The molecule has 2 N–H and O–H groups in total. The largest absolute Gasteiger partial charge is 0.339 e. The van der Waals surface area contributed by atoms with Crippen molar-refractivity contribution in [3.8, 4) is 0 Å². The molecule has 1 amide bonds. The number of primary sulfonamides is 1. The molecule has 106 valence electrons. The lowest BCUT2D eigenvalue weighted by atomic mass is 10.1. The summed E-state index contributed by atoms with van der Waals surface area (Å²) in [4.78, 5) is 13.1. The van der Waals surface area contributed by atoms with E-state index in [1.807, 2.05) is 13.8 Å². The topological polar surface area (TPSA) is 80.5 Å². The number of amides is 1. The Morgan fingerprint density at radius 1 is 1.47 bits per heavy atom. The predicted molar refractivity (Wildman–Crippen MR) is 69.6 cm³/mol. The minimum Gasteiger partial charge on any atom is -0.339 e. The molecule has 0 aliphatic rings. The van der Waals surface area contributed by atoms with Gasteiger partial charge in [0.15, 0.2) is 0 Å². The summed E-state index contributed by atoms with van der Waals surface area (Å²) in [7, 11) is -2.40. The van der Waals surface area contributed by atoms with Crippen LogP contribution in [0.4, 0.5) is 4.39 Å². The van der Waals surface area contributed by atoms with E-state index in [-0.39, 0.29) is 16.5 Å². The second-order valence-electron chi connectivity index (χ2n) is 4.36. The van der Waals surface area contributed by atoms with Crippen molar-refractivity contribution >= 4 is 15.9 Å². The van der Waals surface area contributed by atoms with Crippen LogP contribution in [0.15, 0.2) is 23.1 Å². The fraction of sp³-hybridized carbons (Fsp3) is 0.417. The van der Waals surface area contributed by atoms with Gasteiger partial charge in [-0.25, -0.2) is 17.9 Å². The Morgan fingerprint density at radius 3 is 2.47 bits per heavy atom. The molecule has 0 saturated heterocycles. The first-order chi connectivity index (χ1) is 8.68. The molecule has 0 aliphatic heterocycles. The standard InChI is InChI=1S/C12H17FN2O3S/c1-4-8(2)15(3)12(16)10-6-5-9(7-11(10)13)19(14,17)18/h5-8H,4H2,1-3H3,(H2,14,17,18). The lowest BCUT2D eigenvalue weighted by Gasteiger charge is -2.24. The number of rotatable bonds is 4. The van der Waals surface area contributed by atoms with Crippen molar-refractivity contribution in [1.82, 2.24) is 4.90 Å². The van der Waals surface area contributed by atoms with Crippen molar-refractivity contribution in [2.24, 2.45) is 5.14 Å². The summed E-state index contributed by atoms with van der Waals surface area (Å²) in [6.07, 6.45) is 0.735. The van der Waals surface area contributed by atoms with Gasteiger partial charge in [0.2, 0.25) is 10.0 Å². The highest BCUT2D eigenvalue weighted by atomic mass is 32.2. The fourth-order valence-corrected chi connectivity index (χ4v) is 2.04. The first kappa shape index (κ1) is 15.6. The lowest BCUT2D eigenvalue weighted by Crippen LogP contribution is -2.35. The highest BCUT2D eigenvalue weighted by Gasteiger charge is 2.21. The van der Waals surface area contributed by atoms with Gasteiger partial charge < -0.3 is 4.90 Å². The number of benzene rings is 1. The van der Waals surface area contributed by atoms with E-state index < -0.39 is 21.7 Å². The van der Waals surface area contributed by atoms with Crippen LogP contribution < -0.4 is 5.14 Å². The predicted octanol–water partition coefficient (Wildman–Crippen LogP) is 1.34. The van der Waals surface area contributed by atoms with Crippen LogP contribution >= 0.6 is 0 Å². The first-order valence-corrected chi connectivity index (χ1v) is 7.32. The second kappa shape index (κ2) is 5.66. The molecular formula is C12H17FN2O3S. The summed E-state index contributed by atoms with van der Waals surface area (Å²) in [5.41, 5.74) is -0.171. The molecule has 0 bridgehead atoms. The zero-order valence-corrected chi connectivity index (χ0v) is 11.9. The van der Waals surface area contributed by atoms with Crippen LogP contribution in [0.3, 0.4) is 0 Å². The third-order valence-electron chi connectivity index (χ3n) is 3.07. The summed E-state index contributed by atoms with van der Waals surface area (Å²) in [6.45, 7) is 3.75. The van der Waals surface area contributed by atoms with E-state index in [4.69, 9.17) is 5.14 Å². The number of carbonyl (C=O) groups is 1. The molecule has 7 heteroatoms. The number of sulfonamides is 1. The Morgan fingerprint density at radius 2 is 2.05 bits per heavy atom. The minimum absolute atomic E-state index is 0.0372. The Balaban J connectivity index is 3.14. The minimum atomic E-state index is -3.97. The third kappa shape index (κ3) is 3.51. The number of nitrogens with two attached hydrogens (primary N) is 1. The molecule has 1 aromatic rings. The van der Waals surface area contributed by atoms with Crippen LogP contribution in [0, 0.1) is 5.82 Å². The summed E-state index contributed by atoms with van der Waals surface area (Å²) in [6, 6.07) is 2.98. The Kier molecular flexibility index (Phi) is 4.65. The normalized spacial score (nSPS) is 13.1. The van der Waals surface area contributed by atoms with Gasteiger partial charge in [-0.15, -0.1) is 0 Å². The van der Waals surface area contributed by atoms with Crippen LogP contribution in [-0.2, 0) is 10.0 Å². The van der Waals surface area contributed by atoms with E-state index in [1.165, 1.54) is 4.90 Å². The molecule has 1 unspecified atom stereocenters. The molecule has 1 aromatic carbocycles. The maximum absolute atomic E-state index is 13.8. The number of hydrogen-bond donors (Lipinski definition) is 1. The number of hydrogen-bond acceptors (Lipinski definition) is 3. The van der Waals surface area contributed by atoms with Crippen molar-refractivity contribution in [1.29, 1.82) is 0 Å². The van der Waals surface area contributed by atoms with Gasteiger partial charge in [-0.1, -0.05) is 6.92 Å². The van der Waals surface area contributed by atoms with Gasteiger partial charge in [0, 0.05) is 13.1 Å². The van der Waals surface area contributed by atoms with Gasteiger partial charge >= 0.3 is 0 Å². The van der Waals surface area contributed by atoms with E-state index in [9.17, 15) is 17.6 Å². The van der Waals surface area contributed by atoms with Crippen LogP contribution in [0.1, 0.15) is 30.6 Å². The fourth-order valence-electron chi connectivity index (χ4n) is 1.51. The van der Waals surface area contributed by atoms with E-state index in [0.717, 1.165) is 24.6 Å². The smallest absolute Gasteiger partial charge is 0.256 e. The van der Waals surface area contributed by atoms with Crippen LogP contribution in [0.25, 0.3) is 0 Å². The molecule has 0 saturated carbocycles. The summed E-state index contributed by atoms with van der Waals surface area (Å²) >= 11 is 0. The van der Waals surface area contributed by atoms with Gasteiger partial charge in [0.05, 0.1) is 10.5 Å². The van der Waals surface area contributed by atoms with E-state index in [2.05, 4.69) is 0 Å². The average Bonchev–Trinajstić information content (AvgIpc) is 2.34. The van der Waals surface area contributed by atoms with Gasteiger partial charge in [0.1, 0.15) is 5.82 Å². The van der Waals surface area contributed by atoms with Crippen molar-refractivity contribution in [3.05, 3.63) is 29.6 Å². The molecule has 0 fully saturated rings. The average molecular weight is 288 g/mol.